The number of nitrogens with one attached hydrogen (secondary N) is 2. The molecule has 4 aromatic heterocycles. The van der Waals surface area contributed by atoms with Crippen LogP contribution in [0.2, 0.25) is 0 Å². The van der Waals surface area contributed by atoms with Crippen molar-refractivity contribution in [2.24, 2.45) is 0 Å². The van der Waals surface area contributed by atoms with Crippen LogP contribution in [0.4, 0.5) is 9.52 Å². The molecule has 0 saturated carbocycles. The van der Waals surface area contributed by atoms with E-state index in [1.54, 1.807) is 12.3 Å². The van der Waals surface area contributed by atoms with Gasteiger partial charge < -0.3 is 15.2 Å². The first-order valence-corrected chi connectivity index (χ1v) is 11.1. The number of hydrogen-bond acceptors (Lipinski definition) is 7. The van der Waals surface area contributed by atoms with Crippen molar-refractivity contribution in [2.45, 2.75) is 43.8 Å². The van der Waals surface area contributed by atoms with E-state index in [0.717, 1.165) is 29.0 Å². The van der Waals surface area contributed by atoms with Gasteiger partial charge in [0.05, 0.1) is 18.1 Å². The fourth-order valence-electron chi connectivity index (χ4n) is 4.68. The molecule has 2 fully saturated rings. The van der Waals surface area contributed by atoms with Crippen molar-refractivity contribution in [2.75, 3.05) is 11.9 Å². The molecule has 6 heterocycles. The molecule has 0 aliphatic carbocycles. The lowest BCUT2D eigenvalue weighted by molar-refractivity contribution is 0.354. The van der Waals surface area contributed by atoms with E-state index in [0.29, 0.717) is 35.4 Å². The molecule has 31 heavy (non-hydrogen) atoms. The minimum Gasteiger partial charge on any atom is -0.348 e. The number of pyridine rings is 1. The van der Waals surface area contributed by atoms with Crippen LogP contribution in [0.25, 0.3) is 22.1 Å². The zero-order chi connectivity index (χ0) is 21.1. The topological polar surface area (TPSA) is 96.7 Å². The molecule has 6 rings (SSSR count). The lowest BCUT2D eigenvalue weighted by Gasteiger charge is -2.35. The molecule has 2 saturated heterocycles. The van der Waals surface area contributed by atoms with Gasteiger partial charge in [0.25, 0.3) is 5.56 Å². The number of aromatic nitrogens is 6. The Balaban J connectivity index is 1.26. The molecule has 4 aromatic rings. The van der Waals surface area contributed by atoms with Crippen LogP contribution >= 0.6 is 11.3 Å². The van der Waals surface area contributed by atoms with E-state index in [1.165, 1.54) is 45.7 Å². The van der Waals surface area contributed by atoms with Crippen molar-refractivity contribution in [1.29, 1.82) is 0 Å². The normalized spacial score (nSPS) is 23.0. The number of anilines is 1. The van der Waals surface area contributed by atoms with E-state index < -0.39 is 5.82 Å². The molecule has 2 aliphatic heterocycles. The number of nitrogens with zero attached hydrogens (tertiary/aromatic N) is 6. The molecule has 2 bridgehead atoms. The van der Waals surface area contributed by atoms with Gasteiger partial charge in [0.2, 0.25) is 5.95 Å². The summed E-state index contributed by atoms with van der Waals surface area (Å²) in [5.41, 5.74) is 0.859. The van der Waals surface area contributed by atoms with Gasteiger partial charge in [-0.25, -0.2) is 14.1 Å². The Morgan fingerprint density at radius 2 is 2.06 bits per heavy atom. The van der Waals surface area contributed by atoms with E-state index >= 15 is 0 Å². The highest BCUT2D eigenvalue weighted by molar-refractivity contribution is 7.21. The molecule has 160 valence electrons. The third kappa shape index (κ3) is 3.24. The highest BCUT2D eigenvalue weighted by atomic mass is 32.1. The summed E-state index contributed by atoms with van der Waals surface area (Å²) in [5, 5.41) is 8.50. The minimum atomic E-state index is -0.459. The first-order chi connectivity index (χ1) is 15.0. The predicted octanol–water partition coefficient (Wildman–Crippen LogP) is 2.21. The Bertz CT molecular complexity index is 1280. The van der Waals surface area contributed by atoms with Gasteiger partial charge in [-0.2, -0.15) is 10.1 Å². The fraction of sp³-hybridized carbons (Fsp3) is 0.400. The van der Waals surface area contributed by atoms with Gasteiger partial charge in [-0.1, -0.05) is 11.3 Å². The Labute approximate surface area is 180 Å². The average molecular weight is 441 g/mol. The third-order valence-electron chi connectivity index (χ3n) is 6.28. The maximum Gasteiger partial charge on any atom is 0.259 e. The maximum atomic E-state index is 13.2. The molecule has 2 aliphatic rings. The predicted molar refractivity (Wildman–Crippen MR) is 116 cm³/mol. The van der Waals surface area contributed by atoms with Crippen molar-refractivity contribution in [3.8, 4) is 11.6 Å². The van der Waals surface area contributed by atoms with Crippen LogP contribution in [0, 0.1) is 5.82 Å². The number of thiazole rings is 1. The second kappa shape index (κ2) is 6.99. The van der Waals surface area contributed by atoms with Gasteiger partial charge >= 0.3 is 0 Å². The van der Waals surface area contributed by atoms with Gasteiger partial charge in [-0.05, 0) is 31.7 Å². The minimum absolute atomic E-state index is 0.294. The average Bonchev–Trinajstić information content (AvgIpc) is 3.51. The molecular weight excluding hydrogens is 419 g/mol. The zero-order valence-electron chi connectivity index (χ0n) is 16.8. The van der Waals surface area contributed by atoms with Crippen molar-refractivity contribution in [3.63, 3.8) is 0 Å². The number of H-pyrrole nitrogens is 1. The summed E-state index contributed by atoms with van der Waals surface area (Å²) < 4.78 is 15.9. The van der Waals surface area contributed by atoms with E-state index in [-0.39, 0.29) is 5.56 Å². The molecule has 2 N–H and O–H groups in total. The third-order valence-corrected chi connectivity index (χ3v) is 7.32. The summed E-state index contributed by atoms with van der Waals surface area (Å²) in [6.45, 7) is 0. The molecular formula is C20H21FN8OS. The monoisotopic (exact) mass is 440 g/mol. The summed E-state index contributed by atoms with van der Waals surface area (Å²) in [7, 11) is 2.11. The quantitative estimate of drug-likeness (QED) is 0.505. The summed E-state index contributed by atoms with van der Waals surface area (Å²) in [6.07, 6.45) is 8.72. The Morgan fingerprint density at radius 3 is 2.74 bits per heavy atom. The SMILES string of the molecule is CN(c1nc2[nH]c(-n3ccc(-n4cc(F)cn4)cc3=O)nc2s1)C1C[C@H]2CC[C@@H](C1)N2. The van der Waals surface area contributed by atoms with E-state index in [2.05, 4.69) is 32.3 Å². The summed E-state index contributed by atoms with van der Waals surface area (Å²) in [4.78, 5) is 28.1. The van der Waals surface area contributed by atoms with Gasteiger partial charge in [0.1, 0.15) is 0 Å². The van der Waals surface area contributed by atoms with Gasteiger partial charge in [-0.3, -0.25) is 9.36 Å². The first-order valence-electron chi connectivity index (χ1n) is 10.3. The van der Waals surface area contributed by atoms with Crippen LogP contribution in [0.15, 0.2) is 35.5 Å². The maximum absolute atomic E-state index is 13.2. The van der Waals surface area contributed by atoms with Crippen molar-refractivity contribution >= 4 is 26.9 Å². The number of rotatable bonds is 4. The molecule has 0 radical (unpaired) electrons. The van der Waals surface area contributed by atoms with Crippen molar-refractivity contribution < 1.29 is 4.39 Å². The number of piperidine rings is 1. The van der Waals surface area contributed by atoms with Gasteiger partial charge in [0.15, 0.2) is 21.4 Å². The van der Waals surface area contributed by atoms with Gasteiger partial charge in [-0.15, -0.1) is 0 Å². The smallest absolute Gasteiger partial charge is 0.259 e. The second-order valence-corrected chi connectivity index (χ2v) is 9.24. The first kappa shape index (κ1) is 18.7. The standard InChI is InChI=1S/C20H21FN8OS/c1-27(15-6-12-2-3-13(7-15)23-12)20-25-17-18(31-20)26-19(24-17)28-5-4-14(8-16(28)30)29-10-11(21)9-22-29/h4-5,8-10,12-13,15,23H,2-3,6-7H2,1H3,(H,24,26)/t12-,13+,15?. The highest BCUT2D eigenvalue weighted by Gasteiger charge is 2.36. The molecule has 0 spiro atoms. The fourth-order valence-corrected chi connectivity index (χ4v) is 5.61. The second-order valence-electron chi connectivity index (χ2n) is 8.28. The van der Waals surface area contributed by atoms with Crippen LogP contribution in [-0.4, -0.2) is 54.5 Å². The Hall–Kier alpha value is -3.05. The zero-order valence-corrected chi connectivity index (χ0v) is 17.6. The summed E-state index contributed by atoms with van der Waals surface area (Å²) >= 11 is 1.53. The lowest BCUT2D eigenvalue weighted by Crippen LogP contribution is -2.47. The van der Waals surface area contributed by atoms with E-state index in [1.807, 2.05) is 0 Å². The highest BCUT2D eigenvalue weighted by Crippen LogP contribution is 2.34. The molecule has 1 unspecified atom stereocenters. The lowest BCUT2D eigenvalue weighted by atomic mass is 9.99. The Morgan fingerprint density at radius 1 is 1.26 bits per heavy atom. The molecule has 3 atom stereocenters. The van der Waals surface area contributed by atoms with Gasteiger partial charge in [0, 0.05) is 37.4 Å². The van der Waals surface area contributed by atoms with Crippen LogP contribution in [0.3, 0.4) is 0 Å². The Kier molecular flexibility index (Phi) is 4.22. The van der Waals surface area contributed by atoms with E-state index in [9.17, 15) is 9.18 Å². The number of fused-ring (bicyclic) bond motifs is 3. The number of hydrogen-bond donors (Lipinski definition) is 2. The van der Waals surface area contributed by atoms with E-state index in [4.69, 9.17) is 4.98 Å². The molecule has 0 amide bonds. The summed E-state index contributed by atoms with van der Waals surface area (Å²) in [5.74, 6) is -0.0505. The van der Waals surface area contributed by atoms with Crippen LogP contribution in [0.1, 0.15) is 25.7 Å². The number of imidazole rings is 1. The van der Waals surface area contributed by atoms with Crippen LogP contribution in [-0.2, 0) is 0 Å². The molecule has 9 nitrogen and oxygen atoms in total. The molecule has 11 heteroatoms. The molecule has 0 aromatic carbocycles. The van der Waals surface area contributed by atoms with Crippen molar-refractivity contribution in [1.82, 2.24) is 34.6 Å². The van der Waals surface area contributed by atoms with Crippen molar-refractivity contribution in [3.05, 3.63) is 46.9 Å². The van der Waals surface area contributed by atoms with Crippen LogP contribution < -0.4 is 15.8 Å². The number of aromatic amines is 1. The largest absolute Gasteiger partial charge is 0.348 e. The number of halogens is 1. The van der Waals surface area contributed by atoms with Crippen LogP contribution in [0.5, 0.6) is 0 Å². The summed E-state index contributed by atoms with van der Waals surface area (Å²) in [6, 6.07) is 4.79.